The molecule has 0 bridgehead atoms. The lowest BCUT2D eigenvalue weighted by molar-refractivity contribution is 0.122. The Balaban J connectivity index is 2.08. The van der Waals surface area contributed by atoms with Gasteiger partial charge < -0.3 is 15.5 Å². The fraction of sp³-hybridized carbons (Fsp3) is 1.00. The molecule has 3 heteroatoms. The normalized spacial score (nSPS) is 22.6. The van der Waals surface area contributed by atoms with Crippen LogP contribution >= 0.6 is 0 Å². The molecule has 1 fully saturated rings. The van der Waals surface area contributed by atoms with E-state index in [2.05, 4.69) is 30.6 Å². The highest BCUT2D eigenvalue weighted by atomic mass is 15.3. The van der Waals surface area contributed by atoms with Gasteiger partial charge in [0.1, 0.15) is 0 Å². The van der Waals surface area contributed by atoms with Crippen LogP contribution in [0.25, 0.3) is 0 Å². The first kappa shape index (κ1) is 14.9. The Labute approximate surface area is 107 Å². The van der Waals surface area contributed by atoms with Crippen LogP contribution in [-0.2, 0) is 0 Å². The molecule has 0 aromatic carbocycles. The van der Waals surface area contributed by atoms with Gasteiger partial charge in [-0.15, -0.1) is 0 Å². The molecule has 2 N–H and O–H groups in total. The van der Waals surface area contributed by atoms with Gasteiger partial charge >= 0.3 is 0 Å². The van der Waals surface area contributed by atoms with Crippen LogP contribution in [0.2, 0.25) is 0 Å². The van der Waals surface area contributed by atoms with Crippen molar-refractivity contribution >= 4 is 0 Å². The maximum absolute atomic E-state index is 5.78. The summed E-state index contributed by atoms with van der Waals surface area (Å²) in [6, 6.07) is 0.371. The van der Waals surface area contributed by atoms with Crippen LogP contribution in [0.5, 0.6) is 0 Å². The molecule has 0 amide bonds. The van der Waals surface area contributed by atoms with Gasteiger partial charge in [-0.25, -0.2) is 0 Å². The van der Waals surface area contributed by atoms with Crippen molar-refractivity contribution in [3.8, 4) is 0 Å². The van der Waals surface area contributed by atoms with Gasteiger partial charge in [0.15, 0.2) is 0 Å². The molecule has 1 aliphatic rings. The van der Waals surface area contributed by atoms with Gasteiger partial charge in [-0.05, 0) is 32.2 Å². The topological polar surface area (TPSA) is 32.5 Å². The summed E-state index contributed by atoms with van der Waals surface area (Å²) >= 11 is 0. The molecule has 0 saturated carbocycles. The third-order valence-electron chi connectivity index (χ3n) is 3.84. The van der Waals surface area contributed by atoms with Crippen LogP contribution in [0.15, 0.2) is 0 Å². The number of hydrogen-bond donors (Lipinski definition) is 1. The van der Waals surface area contributed by atoms with E-state index < -0.39 is 0 Å². The third kappa shape index (κ3) is 6.39. The fourth-order valence-electron chi connectivity index (χ4n) is 2.61. The molecule has 0 aromatic rings. The van der Waals surface area contributed by atoms with Gasteiger partial charge in [-0.3, -0.25) is 0 Å². The molecule has 2 atom stereocenters. The Hall–Kier alpha value is -0.120. The highest BCUT2D eigenvalue weighted by Crippen LogP contribution is 2.12. The van der Waals surface area contributed by atoms with E-state index >= 15 is 0 Å². The Morgan fingerprint density at radius 3 is 2.12 bits per heavy atom. The smallest absolute Gasteiger partial charge is 0.0110 e. The number of rotatable bonds is 7. The lowest BCUT2D eigenvalue weighted by atomic mass is 10.0. The first-order valence-corrected chi connectivity index (χ1v) is 7.32. The summed E-state index contributed by atoms with van der Waals surface area (Å²) in [7, 11) is 0. The molecule has 1 aliphatic heterocycles. The van der Waals surface area contributed by atoms with E-state index in [1.54, 1.807) is 0 Å². The summed E-state index contributed by atoms with van der Waals surface area (Å²) < 4.78 is 0. The number of hydrogen-bond acceptors (Lipinski definition) is 3. The van der Waals surface area contributed by atoms with Crippen molar-refractivity contribution in [1.82, 2.24) is 9.80 Å². The highest BCUT2D eigenvalue weighted by Gasteiger charge is 2.17. The Morgan fingerprint density at radius 2 is 1.59 bits per heavy atom. The van der Waals surface area contributed by atoms with Crippen molar-refractivity contribution in [3.63, 3.8) is 0 Å². The number of likely N-dealkylation sites (N-methyl/N-ethyl adjacent to an activating group) is 1. The fourth-order valence-corrected chi connectivity index (χ4v) is 2.61. The molecular formula is C14H31N3. The molecular weight excluding hydrogens is 210 g/mol. The summed E-state index contributed by atoms with van der Waals surface area (Å²) in [4.78, 5) is 5.17. The summed E-state index contributed by atoms with van der Waals surface area (Å²) in [6.07, 6.45) is 3.79. The standard InChI is InChI=1S/C14H31N3/c1-4-16-8-10-17(11-9-16)12-13(2)6-5-7-14(3)15/h13-14H,4-12,15H2,1-3H3. The predicted molar refractivity (Wildman–Crippen MR) is 75.2 cm³/mol. The molecule has 1 saturated heterocycles. The molecule has 0 radical (unpaired) electrons. The zero-order chi connectivity index (χ0) is 12.7. The van der Waals surface area contributed by atoms with Crippen LogP contribution in [0.3, 0.4) is 0 Å². The van der Waals surface area contributed by atoms with Gasteiger partial charge in [0, 0.05) is 38.8 Å². The summed E-state index contributed by atoms with van der Waals surface area (Å²) in [6.45, 7) is 14.2. The van der Waals surface area contributed by atoms with Gasteiger partial charge in [-0.1, -0.05) is 20.3 Å². The summed E-state index contributed by atoms with van der Waals surface area (Å²) in [5.41, 5.74) is 5.78. The average molecular weight is 241 g/mol. The summed E-state index contributed by atoms with van der Waals surface area (Å²) in [5.74, 6) is 0.821. The monoisotopic (exact) mass is 241 g/mol. The third-order valence-corrected chi connectivity index (χ3v) is 3.84. The van der Waals surface area contributed by atoms with Crippen LogP contribution in [0.4, 0.5) is 0 Å². The summed E-state index contributed by atoms with van der Waals surface area (Å²) in [5, 5.41) is 0. The van der Waals surface area contributed by atoms with Crippen molar-refractivity contribution in [3.05, 3.63) is 0 Å². The lowest BCUT2D eigenvalue weighted by Gasteiger charge is -2.35. The quantitative estimate of drug-likeness (QED) is 0.737. The largest absolute Gasteiger partial charge is 0.328 e. The van der Waals surface area contributed by atoms with E-state index in [1.807, 2.05) is 0 Å². The Kier molecular flexibility index (Phi) is 7.09. The van der Waals surface area contributed by atoms with E-state index in [0.29, 0.717) is 6.04 Å². The number of piperazine rings is 1. The van der Waals surface area contributed by atoms with E-state index in [1.165, 1.54) is 58.5 Å². The van der Waals surface area contributed by atoms with Crippen molar-refractivity contribution in [2.24, 2.45) is 11.7 Å². The molecule has 0 spiro atoms. The van der Waals surface area contributed by atoms with Crippen molar-refractivity contribution in [2.45, 2.75) is 46.1 Å². The second-order valence-corrected chi connectivity index (χ2v) is 5.75. The van der Waals surface area contributed by atoms with Crippen molar-refractivity contribution < 1.29 is 0 Å². The van der Waals surface area contributed by atoms with Gasteiger partial charge in [0.25, 0.3) is 0 Å². The van der Waals surface area contributed by atoms with E-state index in [0.717, 1.165) is 5.92 Å². The van der Waals surface area contributed by atoms with Gasteiger partial charge in [0.2, 0.25) is 0 Å². The van der Waals surface area contributed by atoms with E-state index in [9.17, 15) is 0 Å². The van der Waals surface area contributed by atoms with Crippen molar-refractivity contribution in [2.75, 3.05) is 39.3 Å². The predicted octanol–water partition coefficient (Wildman–Crippen LogP) is 1.78. The maximum Gasteiger partial charge on any atom is 0.0110 e. The van der Waals surface area contributed by atoms with Crippen molar-refractivity contribution in [1.29, 1.82) is 0 Å². The van der Waals surface area contributed by atoms with E-state index in [4.69, 9.17) is 5.73 Å². The second-order valence-electron chi connectivity index (χ2n) is 5.75. The average Bonchev–Trinajstić information content (AvgIpc) is 2.29. The first-order valence-electron chi connectivity index (χ1n) is 7.32. The zero-order valence-corrected chi connectivity index (χ0v) is 12.0. The number of nitrogens with two attached hydrogens (primary N) is 1. The molecule has 1 rings (SSSR count). The Morgan fingerprint density at radius 1 is 1.00 bits per heavy atom. The van der Waals surface area contributed by atoms with Crippen LogP contribution in [-0.4, -0.2) is 55.1 Å². The molecule has 0 aliphatic carbocycles. The zero-order valence-electron chi connectivity index (χ0n) is 12.0. The lowest BCUT2D eigenvalue weighted by Crippen LogP contribution is -2.47. The Bertz CT molecular complexity index is 186. The van der Waals surface area contributed by atoms with Crippen LogP contribution in [0.1, 0.15) is 40.0 Å². The minimum absolute atomic E-state index is 0.371. The van der Waals surface area contributed by atoms with Crippen LogP contribution < -0.4 is 5.73 Å². The molecule has 3 nitrogen and oxygen atoms in total. The van der Waals surface area contributed by atoms with Crippen LogP contribution in [0, 0.1) is 5.92 Å². The van der Waals surface area contributed by atoms with E-state index in [-0.39, 0.29) is 0 Å². The second kappa shape index (κ2) is 8.06. The highest BCUT2D eigenvalue weighted by molar-refractivity contribution is 4.72. The molecule has 0 aromatic heterocycles. The van der Waals surface area contributed by atoms with Gasteiger partial charge in [0.05, 0.1) is 0 Å². The maximum atomic E-state index is 5.78. The minimum atomic E-state index is 0.371. The molecule has 2 unspecified atom stereocenters. The molecule has 102 valence electrons. The van der Waals surface area contributed by atoms with Gasteiger partial charge in [-0.2, -0.15) is 0 Å². The molecule has 17 heavy (non-hydrogen) atoms. The molecule has 1 heterocycles. The number of nitrogens with zero attached hydrogens (tertiary/aromatic N) is 2. The SMILES string of the molecule is CCN1CCN(CC(C)CCCC(C)N)CC1. The minimum Gasteiger partial charge on any atom is -0.328 e. The first-order chi connectivity index (χ1) is 8.11.